The minimum absolute atomic E-state index is 0.224. The minimum Gasteiger partial charge on any atom is -0.482 e. The number of aromatic nitrogens is 1. The second kappa shape index (κ2) is 7.20. The number of nitrogens with one attached hydrogen (secondary N) is 1. The summed E-state index contributed by atoms with van der Waals surface area (Å²) in [5.74, 6) is 0.655. The van der Waals surface area contributed by atoms with Crippen molar-refractivity contribution in [3.05, 3.63) is 65.3 Å². The van der Waals surface area contributed by atoms with E-state index in [1.54, 1.807) is 6.07 Å². The molecule has 0 saturated carbocycles. The van der Waals surface area contributed by atoms with Crippen molar-refractivity contribution < 1.29 is 19.0 Å². The first-order valence-corrected chi connectivity index (χ1v) is 10.5. The number of aliphatic hydroxyl groups excluding tert-OH is 1. The van der Waals surface area contributed by atoms with E-state index in [2.05, 4.69) is 15.2 Å². The number of nitrogens with zero attached hydrogens (tertiary/aromatic N) is 2. The number of halogens is 1. The van der Waals surface area contributed by atoms with Crippen LogP contribution in [0.5, 0.6) is 0 Å². The van der Waals surface area contributed by atoms with Crippen LogP contribution < -0.4 is 10.2 Å². The van der Waals surface area contributed by atoms with E-state index in [0.29, 0.717) is 22.6 Å². The Morgan fingerprint density at radius 1 is 1.23 bits per heavy atom. The lowest BCUT2D eigenvalue weighted by molar-refractivity contribution is -0.111. The third-order valence-electron chi connectivity index (χ3n) is 6.11. The molecule has 31 heavy (non-hydrogen) atoms. The largest absolute Gasteiger partial charge is 0.482 e. The fourth-order valence-corrected chi connectivity index (χ4v) is 4.44. The smallest absolute Gasteiger partial charge is 0.260 e. The number of pyridine rings is 1. The summed E-state index contributed by atoms with van der Waals surface area (Å²) in [6.45, 7) is 5.47. The molecule has 5 rings (SSSR count). The molecule has 4 heterocycles. The maximum atomic E-state index is 13.6. The van der Waals surface area contributed by atoms with Gasteiger partial charge in [-0.25, -0.2) is 9.37 Å². The average molecular weight is 421 g/mol. The highest BCUT2D eigenvalue weighted by Gasteiger charge is 2.38. The van der Waals surface area contributed by atoms with Crippen molar-refractivity contribution >= 4 is 28.6 Å². The van der Waals surface area contributed by atoms with E-state index in [-0.39, 0.29) is 12.0 Å². The Morgan fingerprint density at radius 3 is 2.71 bits per heavy atom. The van der Waals surface area contributed by atoms with E-state index in [1.165, 1.54) is 12.1 Å². The van der Waals surface area contributed by atoms with Gasteiger partial charge in [-0.2, -0.15) is 0 Å². The quantitative estimate of drug-likeness (QED) is 0.723. The Morgan fingerprint density at radius 2 is 2.00 bits per heavy atom. The molecule has 3 aliphatic heterocycles. The van der Waals surface area contributed by atoms with Crippen molar-refractivity contribution in [3.8, 4) is 0 Å². The van der Waals surface area contributed by atoms with E-state index >= 15 is 0 Å². The Kier molecular flexibility index (Phi) is 4.59. The van der Waals surface area contributed by atoms with Crippen LogP contribution in [0.3, 0.4) is 0 Å². The standard InChI is InChI=1S/C24H24FN3O3/c1-24(2)18(14-3-6-21(26-13-14)28-9-7-16(29)8-10-28)12-20(31-24)22-17-5-4-15(25)11-19(17)27-23(22)30/h3-6,11-13,16,29H,7-10H2,1-2H3,(H,27,30)/b22-20+. The lowest BCUT2D eigenvalue weighted by Gasteiger charge is -2.30. The fraction of sp³-hybridized carbons (Fsp3) is 0.333. The molecular formula is C24H24FN3O3. The zero-order chi connectivity index (χ0) is 21.8. The van der Waals surface area contributed by atoms with Gasteiger partial charge in [-0.05, 0) is 63.1 Å². The number of benzene rings is 1. The molecule has 0 spiro atoms. The third-order valence-corrected chi connectivity index (χ3v) is 6.11. The normalized spacial score (nSPS) is 22.8. The zero-order valence-electron chi connectivity index (χ0n) is 17.5. The van der Waals surface area contributed by atoms with Crippen LogP contribution in [0.1, 0.15) is 37.8 Å². The predicted octanol–water partition coefficient (Wildman–Crippen LogP) is 3.74. The van der Waals surface area contributed by atoms with Gasteiger partial charge in [-0.3, -0.25) is 4.79 Å². The molecule has 0 aliphatic carbocycles. The molecule has 1 amide bonds. The van der Waals surface area contributed by atoms with Crippen molar-refractivity contribution in [2.45, 2.75) is 38.4 Å². The van der Waals surface area contributed by atoms with Crippen LogP contribution in [0, 0.1) is 5.82 Å². The molecule has 0 atom stereocenters. The van der Waals surface area contributed by atoms with Crippen LogP contribution in [0.4, 0.5) is 15.9 Å². The molecule has 0 radical (unpaired) electrons. The van der Waals surface area contributed by atoms with E-state index in [9.17, 15) is 14.3 Å². The summed E-state index contributed by atoms with van der Waals surface area (Å²) in [7, 11) is 0. The summed E-state index contributed by atoms with van der Waals surface area (Å²) in [4.78, 5) is 19.4. The van der Waals surface area contributed by atoms with E-state index in [1.807, 2.05) is 38.3 Å². The van der Waals surface area contributed by atoms with Gasteiger partial charge in [0.25, 0.3) is 5.91 Å². The molecule has 0 bridgehead atoms. The van der Waals surface area contributed by atoms with Gasteiger partial charge in [0.15, 0.2) is 0 Å². The van der Waals surface area contributed by atoms with Gasteiger partial charge in [-0.1, -0.05) is 0 Å². The first-order chi connectivity index (χ1) is 14.8. The maximum Gasteiger partial charge on any atom is 0.260 e. The van der Waals surface area contributed by atoms with Gasteiger partial charge in [0, 0.05) is 36.0 Å². The van der Waals surface area contributed by atoms with Crippen molar-refractivity contribution in [2.24, 2.45) is 0 Å². The average Bonchev–Trinajstić information content (AvgIpc) is 3.23. The first kappa shape index (κ1) is 19.8. The molecule has 6 nitrogen and oxygen atoms in total. The van der Waals surface area contributed by atoms with Crippen LogP contribution in [0.25, 0.3) is 11.1 Å². The second-order valence-electron chi connectivity index (χ2n) is 8.68. The van der Waals surface area contributed by atoms with Gasteiger partial charge in [0.2, 0.25) is 0 Å². The molecule has 1 aromatic carbocycles. The van der Waals surface area contributed by atoms with E-state index in [0.717, 1.165) is 42.9 Å². The molecule has 0 unspecified atom stereocenters. The summed E-state index contributed by atoms with van der Waals surface area (Å²) in [5, 5.41) is 12.4. The van der Waals surface area contributed by atoms with Crippen molar-refractivity contribution in [2.75, 3.05) is 23.3 Å². The van der Waals surface area contributed by atoms with Gasteiger partial charge in [0.1, 0.15) is 23.0 Å². The number of ether oxygens (including phenoxy) is 1. The van der Waals surface area contributed by atoms with Crippen molar-refractivity contribution in [1.82, 2.24) is 4.98 Å². The number of fused-ring (bicyclic) bond motifs is 1. The Hall–Kier alpha value is -3.19. The number of allylic oxidation sites excluding steroid dienone is 1. The van der Waals surface area contributed by atoms with Crippen LogP contribution in [0.2, 0.25) is 0 Å². The van der Waals surface area contributed by atoms with Gasteiger partial charge in [0.05, 0.1) is 17.4 Å². The molecule has 1 saturated heterocycles. The monoisotopic (exact) mass is 421 g/mol. The maximum absolute atomic E-state index is 13.6. The summed E-state index contributed by atoms with van der Waals surface area (Å²) in [6, 6.07) is 8.24. The summed E-state index contributed by atoms with van der Waals surface area (Å²) in [6.07, 6.45) is 4.97. The molecule has 3 aliphatic rings. The van der Waals surface area contributed by atoms with Crippen LogP contribution >= 0.6 is 0 Å². The van der Waals surface area contributed by atoms with Crippen LogP contribution in [-0.2, 0) is 9.53 Å². The topological polar surface area (TPSA) is 74.7 Å². The molecule has 2 N–H and O–H groups in total. The lowest BCUT2D eigenvalue weighted by Crippen LogP contribution is -2.36. The molecule has 1 fully saturated rings. The van der Waals surface area contributed by atoms with Crippen molar-refractivity contribution in [1.29, 1.82) is 0 Å². The predicted molar refractivity (Wildman–Crippen MR) is 117 cm³/mol. The SMILES string of the molecule is CC1(C)O/C(=C2/C(=O)Nc3cc(F)ccc32)C=C1c1ccc(N2CCC(O)CC2)nc1. The number of rotatable bonds is 2. The van der Waals surface area contributed by atoms with Crippen LogP contribution in [-0.4, -0.2) is 40.8 Å². The zero-order valence-corrected chi connectivity index (χ0v) is 17.5. The Labute approximate surface area is 180 Å². The van der Waals surface area contributed by atoms with Gasteiger partial charge in [-0.15, -0.1) is 0 Å². The number of carbonyl (C=O) groups excluding carboxylic acids is 1. The molecule has 160 valence electrons. The number of carbonyl (C=O) groups is 1. The number of anilines is 2. The number of hydrogen-bond acceptors (Lipinski definition) is 5. The minimum atomic E-state index is -0.649. The number of piperidine rings is 1. The highest BCUT2D eigenvalue weighted by molar-refractivity contribution is 6.32. The van der Waals surface area contributed by atoms with Crippen LogP contribution in [0.15, 0.2) is 48.4 Å². The number of amides is 1. The summed E-state index contributed by atoms with van der Waals surface area (Å²) < 4.78 is 19.7. The Bertz CT molecular complexity index is 1110. The third kappa shape index (κ3) is 3.49. The Balaban J connectivity index is 1.48. The molecule has 1 aromatic heterocycles. The van der Waals surface area contributed by atoms with Crippen molar-refractivity contribution in [3.63, 3.8) is 0 Å². The number of aliphatic hydroxyl groups is 1. The first-order valence-electron chi connectivity index (χ1n) is 10.5. The van der Waals surface area contributed by atoms with E-state index in [4.69, 9.17) is 4.74 Å². The highest BCUT2D eigenvalue weighted by Crippen LogP contribution is 2.44. The fourth-order valence-electron chi connectivity index (χ4n) is 4.44. The molecular weight excluding hydrogens is 397 g/mol. The van der Waals surface area contributed by atoms with E-state index < -0.39 is 11.4 Å². The number of hydrogen-bond donors (Lipinski definition) is 2. The molecule has 2 aromatic rings. The summed E-state index contributed by atoms with van der Waals surface area (Å²) in [5.41, 5.74) is 2.69. The molecule has 7 heteroatoms. The van der Waals surface area contributed by atoms with Gasteiger partial charge >= 0.3 is 0 Å². The second-order valence-corrected chi connectivity index (χ2v) is 8.68. The van der Waals surface area contributed by atoms with Gasteiger partial charge < -0.3 is 20.1 Å². The lowest BCUT2D eigenvalue weighted by atomic mass is 9.93. The highest BCUT2D eigenvalue weighted by atomic mass is 19.1. The summed E-state index contributed by atoms with van der Waals surface area (Å²) >= 11 is 0.